The first kappa shape index (κ1) is 25.9. The molecule has 1 aromatic heterocycles. The van der Waals surface area contributed by atoms with Gasteiger partial charge in [0.05, 0.1) is 16.8 Å². The second-order valence-electron chi connectivity index (χ2n) is 9.12. The molecule has 1 aromatic carbocycles. The molecule has 0 aliphatic heterocycles. The maximum absolute atomic E-state index is 13.5. The number of alkyl halides is 3. The van der Waals surface area contributed by atoms with Crippen LogP contribution in [0.25, 0.3) is 5.57 Å². The van der Waals surface area contributed by atoms with Gasteiger partial charge in [0.1, 0.15) is 6.07 Å². The van der Waals surface area contributed by atoms with Crippen LogP contribution >= 0.6 is 0 Å². The molecule has 1 unspecified atom stereocenters. The quantitative estimate of drug-likeness (QED) is 0.534. The number of amides is 2. The van der Waals surface area contributed by atoms with Crippen molar-refractivity contribution in [3.8, 4) is 6.07 Å². The highest BCUT2D eigenvalue weighted by molar-refractivity contribution is 5.91. The van der Waals surface area contributed by atoms with Crippen molar-refractivity contribution in [2.75, 3.05) is 0 Å². The van der Waals surface area contributed by atoms with E-state index in [2.05, 4.69) is 20.6 Å². The molecule has 4 rings (SSSR count). The minimum atomic E-state index is -4.58. The average Bonchev–Trinajstić information content (AvgIpc) is 2.89. The summed E-state index contributed by atoms with van der Waals surface area (Å²) in [6, 6.07) is 7.76. The van der Waals surface area contributed by atoms with Gasteiger partial charge in [-0.1, -0.05) is 49.6 Å². The van der Waals surface area contributed by atoms with Crippen molar-refractivity contribution in [3.63, 3.8) is 0 Å². The van der Waals surface area contributed by atoms with Crippen molar-refractivity contribution < 1.29 is 27.9 Å². The Morgan fingerprint density at radius 2 is 1.81 bits per heavy atom. The number of carboxylic acids is 1. The van der Waals surface area contributed by atoms with Crippen LogP contribution in [0.5, 0.6) is 0 Å². The van der Waals surface area contributed by atoms with Crippen LogP contribution in [0, 0.1) is 11.3 Å². The van der Waals surface area contributed by atoms with E-state index in [1.807, 2.05) is 6.07 Å². The lowest BCUT2D eigenvalue weighted by Gasteiger charge is -2.39. The van der Waals surface area contributed by atoms with Crippen molar-refractivity contribution in [1.29, 1.82) is 5.26 Å². The lowest BCUT2D eigenvalue weighted by atomic mass is 9.79. The molecule has 3 N–H and O–H groups in total. The van der Waals surface area contributed by atoms with Crippen LogP contribution in [0.3, 0.4) is 0 Å². The summed E-state index contributed by atoms with van der Waals surface area (Å²) in [7, 11) is 0. The summed E-state index contributed by atoms with van der Waals surface area (Å²) in [6.45, 7) is 0. The molecule has 2 aliphatic carbocycles. The van der Waals surface area contributed by atoms with Crippen LogP contribution in [-0.4, -0.2) is 32.6 Å². The summed E-state index contributed by atoms with van der Waals surface area (Å²) in [5.41, 5.74) is -3.01. The van der Waals surface area contributed by atoms with Gasteiger partial charge in [-0.25, -0.2) is 19.6 Å². The smallest absolute Gasteiger partial charge is 0.417 e. The molecule has 1 saturated carbocycles. The third-order valence-corrected chi connectivity index (χ3v) is 6.76. The van der Waals surface area contributed by atoms with E-state index < -0.39 is 34.8 Å². The minimum absolute atomic E-state index is 0.0429. The number of carbonyl (C=O) groups excluding carboxylic acids is 1. The zero-order chi connectivity index (χ0) is 26.7. The topological polar surface area (TPSA) is 128 Å². The Morgan fingerprint density at radius 1 is 1.08 bits per heavy atom. The summed E-state index contributed by atoms with van der Waals surface area (Å²) < 4.78 is 40.4. The van der Waals surface area contributed by atoms with E-state index in [0.29, 0.717) is 18.5 Å². The van der Waals surface area contributed by atoms with Crippen molar-refractivity contribution in [2.24, 2.45) is 0 Å². The maximum atomic E-state index is 13.5. The average molecular weight is 512 g/mol. The van der Waals surface area contributed by atoms with Crippen LogP contribution < -0.4 is 10.6 Å². The van der Waals surface area contributed by atoms with E-state index in [1.165, 1.54) is 42.6 Å². The first-order valence-corrected chi connectivity index (χ1v) is 11.7. The fourth-order valence-corrected chi connectivity index (χ4v) is 4.86. The molecule has 2 aliphatic rings. The molecule has 0 radical (unpaired) electrons. The van der Waals surface area contributed by atoms with Crippen LogP contribution in [0.4, 0.5) is 18.0 Å². The molecule has 1 heterocycles. The number of nitrogens with zero attached hydrogens (tertiary/aromatic N) is 3. The lowest BCUT2D eigenvalue weighted by molar-refractivity contribution is -0.142. The highest BCUT2D eigenvalue weighted by Crippen LogP contribution is 2.38. The summed E-state index contributed by atoms with van der Waals surface area (Å²) in [4.78, 5) is 33.6. The van der Waals surface area contributed by atoms with Crippen LogP contribution in [0.1, 0.15) is 61.2 Å². The van der Waals surface area contributed by atoms with Gasteiger partial charge in [0, 0.05) is 12.6 Å². The van der Waals surface area contributed by atoms with E-state index >= 15 is 0 Å². The normalized spacial score (nSPS) is 20.9. The van der Waals surface area contributed by atoms with Crippen molar-refractivity contribution in [1.82, 2.24) is 20.6 Å². The van der Waals surface area contributed by atoms with E-state index in [4.69, 9.17) is 0 Å². The standard InChI is InChI=1S/C26H24F3N5O3/c27-26(28,29)19-7-3-2-6-18(19)17-8-13-25(14-9-17,22(35)36)34-23(37)33-24(11-4-1-5-12-24)20-10-15-31-21(16-30)32-20/h2-3,6-10,13,15H,1,4-5,11-12,14H2,(H,35,36)(H2,33,34,37). The van der Waals surface area contributed by atoms with E-state index in [9.17, 15) is 33.1 Å². The third kappa shape index (κ3) is 5.33. The Morgan fingerprint density at radius 3 is 2.43 bits per heavy atom. The molecule has 8 nitrogen and oxygen atoms in total. The van der Waals surface area contributed by atoms with Crippen molar-refractivity contribution in [3.05, 3.63) is 77.4 Å². The van der Waals surface area contributed by atoms with Crippen molar-refractivity contribution in [2.45, 2.75) is 55.8 Å². The molecule has 2 amide bonds. The SMILES string of the molecule is N#Cc1nccc(C2(NC(=O)NC3(C(=O)O)C=CC(c4ccccc4C(F)(F)F)=CC3)CCCCC2)n1. The number of carbonyl (C=O) groups is 2. The monoisotopic (exact) mass is 511 g/mol. The lowest BCUT2D eigenvalue weighted by Crippen LogP contribution is -2.60. The zero-order valence-electron chi connectivity index (χ0n) is 19.7. The van der Waals surface area contributed by atoms with E-state index in [-0.39, 0.29) is 23.4 Å². The molecule has 192 valence electrons. The molecule has 1 atom stereocenters. The Balaban J connectivity index is 1.58. The zero-order valence-corrected chi connectivity index (χ0v) is 19.7. The molecular formula is C26H24F3N5O3. The molecule has 11 heteroatoms. The van der Waals surface area contributed by atoms with Crippen LogP contribution in [-0.2, 0) is 16.5 Å². The number of rotatable bonds is 5. The third-order valence-electron chi connectivity index (χ3n) is 6.76. The fourth-order valence-electron chi connectivity index (χ4n) is 4.86. The molecule has 2 aromatic rings. The Kier molecular flexibility index (Phi) is 7.03. The second kappa shape index (κ2) is 10.0. The first-order chi connectivity index (χ1) is 17.6. The van der Waals surface area contributed by atoms with Crippen molar-refractivity contribution >= 4 is 17.6 Å². The molecular weight excluding hydrogens is 487 g/mol. The number of carboxylic acid groups (broad SMARTS) is 1. The molecule has 0 bridgehead atoms. The number of aliphatic carboxylic acids is 1. The Hall–Kier alpha value is -4.20. The van der Waals surface area contributed by atoms with Gasteiger partial charge >= 0.3 is 18.2 Å². The number of allylic oxidation sites excluding steroid dienone is 2. The number of urea groups is 1. The van der Waals surface area contributed by atoms with Crippen LogP contribution in [0.2, 0.25) is 0 Å². The van der Waals surface area contributed by atoms with Gasteiger partial charge < -0.3 is 15.7 Å². The van der Waals surface area contributed by atoms with Gasteiger partial charge in [0.25, 0.3) is 0 Å². The van der Waals surface area contributed by atoms with E-state index in [0.717, 1.165) is 25.3 Å². The van der Waals surface area contributed by atoms with E-state index in [1.54, 1.807) is 6.07 Å². The molecule has 0 spiro atoms. The Bertz CT molecular complexity index is 1310. The number of halogens is 3. The molecule has 1 fully saturated rings. The number of nitrogens with one attached hydrogen (secondary N) is 2. The van der Waals surface area contributed by atoms with Gasteiger partial charge in [-0.3, -0.25) is 0 Å². The number of nitriles is 1. The highest BCUT2D eigenvalue weighted by atomic mass is 19.4. The van der Waals surface area contributed by atoms with Crippen LogP contribution in [0.15, 0.2) is 54.8 Å². The fraction of sp³-hybridized carbons (Fsp3) is 0.346. The first-order valence-electron chi connectivity index (χ1n) is 11.7. The largest absolute Gasteiger partial charge is 0.479 e. The number of aromatic nitrogens is 2. The summed E-state index contributed by atoms with van der Waals surface area (Å²) in [6.07, 6.45) is 4.07. The summed E-state index contributed by atoms with van der Waals surface area (Å²) in [5.74, 6) is -1.40. The predicted molar refractivity (Wildman–Crippen MR) is 127 cm³/mol. The number of benzene rings is 1. The van der Waals surface area contributed by atoms with Gasteiger partial charge in [-0.05, 0) is 42.2 Å². The summed E-state index contributed by atoms with van der Waals surface area (Å²) in [5, 5.41) is 24.6. The number of hydrogen-bond donors (Lipinski definition) is 3. The van der Waals surface area contributed by atoms with Gasteiger partial charge in [-0.15, -0.1) is 0 Å². The Labute approximate surface area is 210 Å². The molecule has 37 heavy (non-hydrogen) atoms. The maximum Gasteiger partial charge on any atom is 0.417 e. The molecule has 0 saturated heterocycles. The van der Waals surface area contributed by atoms with Gasteiger partial charge in [0.2, 0.25) is 5.82 Å². The van der Waals surface area contributed by atoms with Gasteiger partial charge in [0.15, 0.2) is 5.54 Å². The predicted octanol–water partition coefficient (Wildman–Crippen LogP) is 4.69. The summed E-state index contributed by atoms with van der Waals surface area (Å²) >= 11 is 0. The second-order valence-corrected chi connectivity index (χ2v) is 9.12. The number of hydrogen-bond acceptors (Lipinski definition) is 5. The highest BCUT2D eigenvalue weighted by Gasteiger charge is 2.43. The minimum Gasteiger partial charge on any atom is -0.479 e. The van der Waals surface area contributed by atoms with Gasteiger partial charge in [-0.2, -0.15) is 18.4 Å².